The summed E-state index contributed by atoms with van der Waals surface area (Å²) in [7, 11) is 1.96. The van der Waals surface area contributed by atoms with Crippen molar-refractivity contribution in [1.29, 1.82) is 0 Å². The zero-order valence-corrected chi connectivity index (χ0v) is 12.9. The van der Waals surface area contributed by atoms with Gasteiger partial charge in [0.25, 0.3) is 0 Å². The number of nitrogens with zero attached hydrogens (tertiary/aromatic N) is 3. The van der Waals surface area contributed by atoms with Gasteiger partial charge >= 0.3 is 0 Å². The predicted octanol–water partition coefficient (Wildman–Crippen LogP) is 3.47. The van der Waals surface area contributed by atoms with E-state index in [2.05, 4.69) is 24.1 Å². The summed E-state index contributed by atoms with van der Waals surface area (Å²) >= 11 is 0. The molecule has 1 atom stereocenters. The maximum absolute atomic E-state index is 4.94. The monoisotopic (exact) mass is 274 g/mol. The summed E-state index contributed by atoms with van der Waals surface area (Å²) in [5.41, 5.74) is 1.21. The van der Waals surface area contributed by atoms with Gasteiger partial charge in [0, 0.05) is 31.1 Å². The number of aromatic nitrogens is 2. The highest BCUT2D eigenvalue weighted by Gasteiger charge is 2.30. The van der Waals surface area contributed by atoms with Gasteiger partial charge in [-0.15, -0.1) is 0 Å². The van der Waals surface area contributed by atoms with Crippen LogP contribution in [0.5, 0.6) is 0 Å². The maximum atomic E-state index is 4.94. The highest BCUT2D eigenvalue weighted by atomic mass is 15.2. The molecule has 4 heteroatoms. The van der Waals surface area contributed by atoms with E-state index in [1.165, 1.54) is 49.9 Å². The van der Waals surface area contributed by atoms with Gasteiger partial charge in [-0.3, -0.25) is 0 Å². The Morgan fingerprint density at radius 1 is 1.20 bits per heavy atom. The molecule has 1 saturated heterocycles. The van der Waals surface area contributed by atoms with Crippen LogP contribution in [0.3, 0.4) is 0 Å². The third-order valence-electron chi connectivity index (χ3n) is 4.69. The Balaban J connectivity index is 1.99. The molecule has 110 valence electrons. The first-order valence-corrected chi connectivity index (χ1v) is 8.07. The van der Waals surface area contributed by atoms with Gasteiger partial charge in [-0.05, 0) is 45.4 Å². The SMILES string of the molecule is CCC1CCCCN1c1nc(C2CC2)nc(NC)c1C. The topological polar surface area (TPSA) is 41.1 Å². The molecule has 1 unspecified atom stereocenters. The molecule has 2 fully saturated rings. The third kappa shape index (κ3) is 2.48. The average molecular weight is 274 g/mol. The van der Waals surface area contributed by atoms with Crippen LogP contribution in [0.25, 0.3) is 0 Å². The standard InChI is InChI=1S/C16H26N4/c1-4-13-7-5-6-10-20(13)16-11(2)14(17-3)18-15(19-16)12-8-9-12/h12-13H,4-10H2,1-3H3,(H,17,18,19). The van der Waals surface area contributed by atoms with Crippen molar-refractivity contribution in [3.8, 4) is 0 Å². The summed E-state index contributed by atoms with van der Waals surface area (Å²) in [4.78, 5) is 12.2. The normalized spacial score (nSPS) is 22.9. The lowest BCUT2D eigenvalue weighted by Crippen LogP contribution is -2.40. The molecule has 1 saturated carbocycles. The second-order valence-corrected chi connectivity index (χ2v) is 6.15. The number of hydrogen-bond acceptors (Lipinski definition) is 4. The van der Waals surface area contributed by atoms with Crippen LogP contribution in [0, 0.1) is 6.92 Å². The van der Waals surface area contributed by atoms with Crippen molar-refractivity contribution in [1.82, 2.24) is 9.97 Å². The van der Waals surface area contributed by atoms with E-state index in [9.17, 15) is 0 Å². The molecule has 20 heavy (non-hydrogen) atoms. The molecule has 1 aromatic rings. The fourth-order valence-corrected chi connectivity index (χ4v) is 3.27. The molecule has 0 aromatic carbocycles. The van der Waals surface area contributed by atoms with E-state index >= 15 is 0 Å². The van der Waals surface area contributed by atoms with E-state index < -0.39 is 0 Å². The molecule has 3 rings (SSSR count). The zero-order chi connectivity index (χ0) is 14.1. The van der Waals surface area contributed by atoms with Crippen molar-refractivity contribution >= 4 is 11.6 Å². The largest absolute Gasteiger partial charge is 0.373 e. The Kier molecular flexibility index (Phi) is 3.81. The minimum Gasteiger partial charge on any atom is -0.373 e. The van der Waals surface area contributed by atoms with Crippen molar-refractivity contribution in [2.75, 3.05) is 23.8 Å². The van der Waals surface area contributed by atoms with Crippen LogP contribution in [-0.2, 0) is 0 Å². The Morgan fingerprint density at radius 3 is 2.65 bits per heavy atom. The lowest BCUT2D eigenvalue weighted by molar-refractivity contribution is 0.445. The van der Waals surface area contributed by atoms with Crippen LogP contribution in [0.4, 0.5) is 11.6 Å². The summed E-state index contributed by atoms with van der Waals surface area (Å²) in [6.45, 7) is 5.59. The van der Waals surface area contributed by atoms with E-state index in [1.54, 1.807) is 0 Å². The maximum Gasteiger partial charge on any atom is 0.137 e. The van der Waals surface area contributed by atoms with Crippen LogP contribution >= 0.6 is 0 Å². The van der Waals surface area contributed by atoms with Gasteiger partial charge < -0.3 is 10.2 Å². The van der Waals surface area contributed by atoms with Crippen molar-refractivity contribution in [3.63, 3.8) is 0 Å². The first-order chi connectivity index (χ1) is 9.74. The molecule has 1 aliphatic carbocycles. The fraction of sp³-hybridized carbons (Fsp3) is 0.750. The minimum atomic E-state index is 0.603. The first-order valence-electron chi connectivity index (χ1n) is 8.07. The van der Waals surface area contributed by atoms with E-state index in [1.807, 2.05) is 7.05 Å². The molecule has 2 aliphatic rings. The number of anilines is 2. The van der Waals surface area contributed by atoms with Gasteiger partial charge in [-0.2, -0.15) is 0 Å². The molecule has 0 radical (unpaired) electrons. The summed E-state index contributed by atoms with van der Waals surface area (Å²) in [5, 5.41) is 3.25. The van der Waals surface area contributed by atoms with E-state index in [-0.39, 0.29) is 0 Å². The van der Waals surface area contributed by atoms with Gasteiger partial charge in [-0.1, -0.05) is 6.92 Å². The fourth-order valence-electron chi connectivity index (χ4n) is 3.27. The second-order valence-electron chi connectivity index (χ2n) is 6.15. The van der Waals surface area contributed by atoms with Crippen molar-refractivity contribution in [2.24, 2.45) is 0 Å². The Hall–Kier alpha value is -1.32. The highest BCUT2D eigenvalue weighted by molar-refractivity contribution is 5.59. The Labute approximate surface area is 122 Å². The number of rotatable bonds is 4. The van der Waals surface area contributed by atoms with Crippen LogP contribution in [0.2, 0.25) is 0 Å². The van der Waals surface area contributed by atoms with Crippen LogP contribution < -0.4 is 10.2 Å². The number of piperidine rings is 1. The van der Waals surface area contributed by atoms with Crippen LogP contribution in [0.15, 0.2) is 0 Å². The van der Waals surface area contributed by atoms with Gasteiger partial charge in [-0.25, -0.2) is 9.97 Å². The molecule has 0 spiro atoms. The lowest BCUT2D eigenvalue weighted by Gasteiger charge is -2.37. The highest BCUT2D eigenvalue weighted by Crippen LogP contribution is 2.40. The first kappa shape index (κ1) is 13.7. The van der Waals surface area contributed by atoms with Crippen LogP contribution in [-0.4, -0.2) is 29.6 Å². The van der Waals surface area contributed by atoms with Gasteiger partial charge in [0.05, 0.1) is 0 Å². The summed E-state index contributed by atoms with van der Waals surface area (Å²) in [5.74, 6) is 3.84. The molecule has 2 heterocycles. The molecular weight excluding hydrogens is 248 g/mol. The minimum absolute atomic E-state index is 0.603. The van der Waals surface area contributed by atoms with Crippen molar-refractivity contribution in [3.05, 3.63) is 11.4 Å². The summed E-state index contributed by atoms with van der Waals surface area (Å²) in [6, 6.07) is 0.647. The van der Waals surface area contributed by atoms with E-state index in [4.69, 9.17) is 9.97 Å². The van der Waals surface area contributed by atoms with Crippen molar-refractivity contribution < 1.29 is 0 Å². The summed E-state index contributed by atoms with van der Waals surface area (Å²) in [6.07, 6.45) is 7.65. The molecule has 4 nitrogen and oxygen atoms in total. The average Bonchev–Trinajstić information content (AvgIpc) is 3.32. The van der Waals surface area contributed by atoms with Gasteiger partial charge in [0.1, 0.15) is 17.5 Å². The molecule has 0 bridgehead atoms. The van der Waals surface area contributed by atoms with E-state index in [0.717, 1.165) is 18.2 Å². The zero-order valence-electron chi connectivity index (χ0n) is 12.9. The smallest absolute Gasteiger partial charge is 0.137 e. The second kappa shape index (κ2) is 5.58. The third-order valence-corrected chi connectivity index (χ3v) is 4.69. The predicted molar refractivity (Wildman–Crippen MR) is 83.6 cm³/mol. The molecule has 0 amide bonds. The Bertz CT molecular complexity index is 482. The quantitative estimate of drug-likeness (QED) is 0.912. The Morgan fingerprint density at radius 2 is 2.00 bits per heavy atom. The van der Waals surface area contributed by atoms with E-state index in [0.29, 0.717) is 12.0 Å². The van der Waals surface area contributed by atoms with Crippen LogP contribution in [0.1, 0.15) is 62.8 Å². The van der Waals surface area contributed by atoms with Gasteiger partial charge in [0.2, 0.25) is 0 Å². The molecular formula is C16H26N4. The lowest BCUT2D eigenvalue weighted by atomic mass is 9.99. The number of hydrogen-bond donors (Lipinski definition) is 1. The number of nitrogens with one attached hydrogen (secondary N) is 1. The molecule has 1 aromatic heterocycles. The molecule has 1 aliphatic heterocycles. The molecule has 1 N–H and O–H groups in total. The van der Waals surface area contributed by atoms with Gasteiger partial charge in [0.15, 0.2) is 0 Å². The summed E-state index contributed by atoms with van der Waals surface area (Å²) < 4.78 is 0. The van der Waals surface area contributed by atoms with Crippen molar-refractivity contribution in [2.45, 2.75) is 64.3 Å².